The molecule has 2 heterocycles. The molecule has 0 unspecified atom stereocenters. The average molecular weight is 449 g/mol. The van der Waals surface area contributed by atoms with Gasteiger partial charge in [0.05, 0.1) is 12.1 Å². The van der Waals surface area contributed by atoms with Gasteiger partial charge in [0.2, 0.25) is 5.91 Å². The zero-order valence-corrected chi connectivity index (χ0v) is 16.9. The van der Waals surface area contributed by atoms with E-state index >= 15 is 0 Å². The average Bonchev–Trinajstić information content (AvgIpc) is 3.22. The SMILES string of the molecule is O=C(/C=C/Cn1cccn1)Nc1ccc2ncnc(Nc3cccc(Br)c3)c2c1. The normalized spacial score (nSPS) is 11.1. The van der Waals surface area contributed by atoms with Gasteiger partial charge in [0, 0.05) is 39.7 Å². The fourth-order valence-electron chi connectivity index (χ4n) is 2.80. The topological polar surface area (TPSA) is 84.7 Å². The second kappa shape index (κ2) is 8.66. The maximum absolute atomic E-state index is 12.2. The number of allylic oxidation sites excluding steroid dienone is 1. The predicted molar refractivity (Wildman–Crippen MR) is 117 cm³/mol. The molecule has 0 aliphatic carbocycles. The fraction of sp³-hybridized carbons (Fsp3) is 0.0476. The highest BCUT2D eigenvalue weighted by molar-refractivity contribution is 9.10. The highest BCUT2D eigenvalue weighted by atomic mass is 79.9. The Kier molecular flexibility index (Phi) is 5.62. The van der Waals surface area contributed by atoms with Gasteiger partial charge in [-0.3, -0.25) is 9.48 Å². The third-order valence-electron chi connectivity index (χ3n) is 4.11. The number of hydrogen-bond donors (Lipinski definition) is 2. The van der Waals surface area contributed by atoms with Crippen molar-refractivity contribution >= 4 is 49.9 Å². The van der Waals surface area contributed by atoms with Crippen LogP contribution >= 0.6 is 15.9 Å². The summed E-state index contributed by atoms with van der Waals surface area (Å²) in [4.78, 5) is 20.9. The zero-order chi connectivity index (χ0) is 20.1. The molecule has 4 aromatic rings. The third-order valence-corrected chi connectivity index (χ3v) is 4.60. The van der Waals surface area contributed by atoms with Crippen molar-refractivity contribution in [3.63, 3.8) is 0 Å². The number of carbonyl (C=O) groups is 1. The lowest BCUT2D eigenvalue weighted by molar-refractivity contribution is -0.111. The summed E-state index contributed by atoms with van der Waals surface area (Å²) in [5.41, 5.74) is 2.35. The minimum absolute atomic E-state index is 0.213. The van der Waals surface area contributed by atoms with Crippen LogP contribution in [-0.2, 0) is 11.3 Å². The highest BCUT2D eigenvalue weighted by Gasteiger charge is 2.07. The van der Waals surface area contributed by atoms with E-state index in [4.69, 9.17) is 0 Å². The van der Waals surface area contributed by atoms with Crippen LogP contribution in [0.15, 0.2) is 83.9 Å². The summed E-state index contributed by atoms with van der Waals surface area (Å²) in [7, 11) is 0. The van der Waals surface area contributed by atoms with Gasteiger partial charge in [-0.15, -0.1) is 0 Å². The Balaban J connectivity index is 1.52. The van der Waals surface area contributed by atoms with Gasteiger partial charge in [-0.05, 0) is 42.5 Å². The summed E-state index contributed by atoms with van der Waals surface area (Å²) in [6.45, 7) is 0.534. The summed E-state index contributed by atoms with van der Waals surface area (Å²) in [6, 6.07) is 15.2. The predicted octanol–water partition coefficient (Wildman–Crippen LogP) is 4.53. The minimum Gasteiger partial charge on any atom is -0.340 e. The number of fused-ring (bicyclic) bond motifs is 1. The Hall–Kier alpha value is -3.52. The molecule has 0 atom stereocenters. The van der Waals surface area contributed by atoms with Crippen LogP contribution in [0.2, 0.25) is 0 Å². The van der Waals surface area contributed by atoms with Crippen molar-refractivity contribution in [1.82, 2.24) is 19.7 Å². The minimum atomic E-state index is -0.213. The van der Waals surface area contributed by atoms with E-state index in [1.807, 2.05) is 54.7 Å². The Labute approximate surface area is 175 Å². The number of halogens is 1. The molecule has 1 amide bonds. The van der Waals surface area contributed by atoms with Gasteiger partial charge >= 0.3 is 0 Å². The number of anilines is 3. The molecular weight excluding hydrogens is 432 g/mol. The Morgan fingerprint density at radius 3 is 2.86 bits per heavy atom. The van der Waals surface area contributed by atoms with E-state index in [1.165, 1.54) is 12.4 Å². The molecule has 0 saturated heterocycles. The summed E-state index contributed by atoms with van der Waals surface area (Å²) in [5, 5.41) is 11.1. The van der Waals surface area contributed by atoms with Gasteiger partial charge in [0.1, 0.15) is 12.1 Å². The number of amides is 1. The van der Waals surface area contributed by atoms with Gasteiger partial charge in [-0.2, -0.15) is 5.10 Å². The second-order valence-electron chi connectivity index (χ2n) is 6.21. The van der Waals surface area contributed by atoms with Crippen LogP contribution in [0.4, 0.5) is 17.2 Å². The van der Waals surface area contributed by atoms with E-state index in [0.717, 1.165) is 21.1 Å². The molecule has 8 heteroatoms. The van der Waals surface area contributed by atoms with Crippen LogP contribution in [0, 0.1) is 0 Å². The quantitative estimate of drug-likeness (QED) is 0.423. The van der Waals surface area contributed by atoms with Crippen LogP contribution < -0.4 is 10.6 Å². The molecule has 0 aliphatic heterocycles. The first-order valence-electron chi connectivity index (χ1n) is 8.90. The first-order chi connectivity index (χ1) is 14.2. The number of nitrogens with zero attached hydrogens (tertiary/aromatic N) is 4. The molecule has 2 aromatic heterocycles. The number of aromatic nitrogens is 4. The molecule has 0 fully saturated rings. The van der Waals surface area contributed by atoms with Gasteiger partial charge in [0.15, 0.2) is 0 Å². The van der Waals surface area contributed by atoms with E-state index in [2.05, 4.69) is 41.6 Å². The number of benzene rings is 2. The van der Waals surface area contributed by atoms with Crippen LogP contribution in [0.5, 0.6) is 0 Å². The largest absolute Gasteiger partial charge is 0.340 e. The molecule has 2 aromatic carbocycles. The van der Waals surface area contributed by atoms with E-state index in [-0.39, 0.29) is 5.91 Å². The zero-order valence-electron chi connectivity index (χ0n) is 15.3. The highest BCUT2D eigenvalue weighted by Crippen LogP contribution is 2.26. The second-order valence-corrected chi connectivity index (χ2v) is 7.12. The maximum atomic E-state index is 12.2. The third kappa shape index (κ3) is 4.85. The summed E-state index contributed by atoms with van der Waals surface area (Å²) >= 11 is 3.47. The summed E-state index contributed by atoms with van der Waals surface area (Å²) < 4.78 is 2.70. The molecule has 0 aliphatic rings. The summed E-state index contributed by atoms with van der Waals surface area (Å²) in [6.07, 6.45) is 8.30. The smallest absolute Gasteiger partial charge is 0.248 e. The van der Waals surface area contributed by atoms with Crippen molar-refractivity contribution < 1.29 is 4.79 Å². The van der Waals surface area contributed by atoms with Crippen molar-refractivity contribution in [2.24, 2.45) is 0 Å². The molecule has 2 N–H and O–H groups in total. The number of nitrogens with one attached hydrogen (secondary N) is 2. The van der Waals surface area contributed by atoms with Crippen LogP contribution in [0.1, 0.15) is 0 Å². The fourth-order valence-corrected chi connectivity index (χ4v) is 3.20. The number of hydrogen-bond acceptors (Lipinski definition) is 5. The Bertz CT molecular complexity index is 1170. The summed E-state index contributed by atoms with van der Waals surface area (Å²) in [5.74, 6) is 0.452. The number of carbonyl (C=O) groups excluding carboxylic acids is 1. The molecule has 7 nitrogen and oxygen atoms in total. The maximum Gasteiger partial charge on any atom is 0.248 e. The monoisotopic (exact) mass is 448 g/mol. The Morgan fingerprint density at radius 1 is 1.10 bits per heavy atom. The lowest BCUT2D eigenvalue weighted by Gasteiger charge is -2.10. The molecule has 0 saturated carbocycles. The lowest BCUT2D eigenvalue weighted by Crippen LogP contribution is -2.08. The van der Waals surface area contributed by atoms with E-state index in [9.17, 15) is 4.79 Å². The number of rotatable bonds is 6. The molecule has 29 heavy (non-hydrogen) atoms. The van der Waals surface area contributed by atoms with Gasteiger partial charge < -0.3 is 10.6 Å². The Morgan fingerprint density at radius 2 is 2.03 bits per heavy atom. The van der Waals surface area contributed by atoms with Crippen LogP contribution in [0.25, 0.3) is 10.9 Å². The van der Waals surface area contributed by atoms with Crippen molar-refractivity contribution in [1.29, 1.82) is 0 Å². The first kappa shape index (κ1) is 18.8. The molecule has 4 rings (SSSR count). The van der Waals surface area contributed by atoms with Gasteiger partial charge in [-0.1, -0.05) is 28.1 Å². The van der Waals surface area contributed by atoms with Crippen molar-refractivity contribution in [3.8, 4) is 0 Å². The van der Waals surface area contributed by atoms with E-state index in [1.54, 1.807) is 17.0 Å². The van der Waals surface area contributed by atoms with E-state index in [0.29, 0.717) is 18.1 Å². The molecule has 0 bridgehead atoms. The van der Waals surface area contributed by atoms with Crippen molar-refractivity contribution in [2.75, 3.05) is 10.6 Å². The van der Waals surface area contributed by atoms with Gasteiger partial charge in [-0.25, -0.2) is 9.97 Å². The molecule has 144 valence electrons. The standard InChI is InChI=1S/C21H17BrN6O/c22-15-4-1-5-16(12-15)27-21-18-13-17(7-8-19(18)23-14-24-21)26-20(29)6-2-10-28-11-3-9-25-28/h1-9,11-14H,10H2,(H,26,29)(H,23,24,27)/b6-2+. The lowest BCUT2D eigenvalue weighted by atomic mass is 10.2. The molecule has 0 radical (unpaired) electrons. The van der Waals surface area contributed by atoms with Crippen molar-refractivity contribution in [3.05, 3.63) is 83.9 Å². The first-order valence-corrected chi connectivity index (χ1v) is 9.69. The van der Waals surface area contributed by atoms with Crippen LogP contribution in [-0.4, -0.2) is 25.7 Å². The molecular formula is C21H17BrN6O. The molecule has 0 spiro atoms. The van der Waals surface area contributed by atoms with Gasteiger partial charge in [0.25, 0.3) is 0 Å². The van der Waals surface area contributed by atoms with Crippen molar-refractivity contribution in [2.45, 2.75) is 6.54 Å². The van der Waals surface area contributed by atoms with Crippen LogP contribution in [0.3, 0.4) is 0 Å². The van der Waals surface area contributed by atoms with E-state index < -0.39 is 0 Å².